The standard InChI is InChI=1S/C14H9BrO/c15-13-3-1-2-10(9-13)11-4-5-14-12(8-11)6-7-16-14/h1-9H. The van der Waals surface area contributed by atoms with E-state index < -0.39 is 0 Å². The lowest BCUT2D eigenvalue weighted by atomic mass is 10.0. The van der Waals surface area contributed by atoms with E-state index in [1.807, 2.05) is 24.3 Å². The summed E-state index contributed by atoms with van der Waals surface area (Å²) in [7, 11) is 0. The van der Waals surface area contributed by atoms with E-state index in [2.05, 4.69) is 40.2 Å². The summed E-state index contributed by atoms with van der Waals surface area (Å²) in [6.45, 7) is 0. The summed E-state index contributed by atoms with van der Waals surface area (Å²) in [6.07, 6.45) is 1.72. The zero-order valence-corrected chi connectivity index (χ0v) is 10.1. The van der Waals surface area contributed by atoms with Crippen LogP contribution in [0.3, 0.4) is 0 Å². The van der Waals surface area contributed by atoms with E-state index in [0.717, 1.165) is 15.4 Å². The Kier molecular flexibility index (Phi) is 2.29. The van der Waals surface area contributed by atoms with Crippen molar-refractivity contribution in [3.8, 4) is 11.1 Å². The van der Waals surface area contributed by atoms with Gasteiger partial charge < -0.3 is 4.42 Å². The number of hydrogen-bond donors (Lipinski definition) is 0. The average Bonchev–Trinajstić information content (AvgIpc) is 2.75. The Balaban J connectivity index is 2.18. The Hall–Kier alpha value is -1.54. The van der Waals surface area contributed by atoms with Crippen LogP contribution in [0.25, 0.3) is 22.1 Å². The number of rotatable bonds is 1. The Labute approximate surface area is 102 Å². The predicted molar refractivity (Wildman–Crippen MR) is 69.4 cm³/mol. The fourth-order valence-corrected chi connectivity index (χ4v) is 2.21. The van der Waals surface area contributed by atoms with Gasteiger partial charge in [-0.2, -0.15) is 0 Å². The Morgan fingerprint density at radius 1 is 0.875 bits per heavy atom. The highest BCUT2D eigenvalue weighted by molar-refractivity contribution is 9.10. The van der Waals surface area contributed by atoms with Crippen LogP contribution < -0.4 is 0 Å². The topological polar surface area (TPSA) is 13.1 Å². The first-order valence-corrected chi connectivity index (χ1v) is 5.85. The molecule has 0 fully saturated rings. The van der Waals surface area contributed by atoms with Crippen molar-refractivity contribution in [2.75, 3.05) is 0 Å². The summed E-state index contributed by atoms with van der Waals surface area (Å²) in [4.78, 5) is 0. The van der Waals surface area contributed by atoms with E-state index in [4.69, 9.17) is 4.42 Å². The van der Waals surface area contributed by atoms with Crippen molar-refractivity contribution in [3.05, 3.63) is 59.3 Å². The fourth-order valence-electron chi connectivity index (χ4n) is 1.81. The normalized spacial score (nSPS) is 10.8. The molecule has 0 amide bonds. The molecule has 0 unspecified atom stereocenters. The first-order valence-electron chi connectivity index (χ1n) is 5.06. The van der Waals surface area contributed by atoms with Crippen molar-refractivity contribution in [2.24, 2.45) is 0 Å². The zero-order chi connectivity index (χ0) is 11.0. The largest absolute Gasteiger partial charge is 0.464 e. The van der Waals surface area contributed by atoms with Crippen molar-refractivity contribution in [1.82, 2.24) is 0 Å². The maximum Gasteiger partial charge on any atom is 0.133 e. The van der Waals surface area contributed by atoms with E-state index in [0.29, 0.717) is 0 Å². The maximum absolute atomic E-state index is 5.32. The van der Waals surface area contributed by atoms with Crippen molar-refractivity contribution in [1.29, 1.82) is 0 Å². The van der Waals surface area contributed by atoms with Gasteiger partial charge in [0, 0.05) is 9.86 Å². The van der Waals surface area contributed by atoms with Gasteiger partial charge in [0.15, 0.2) is 0 Å². The van der Waals surface area contributed by atoms with E-state index in [1.54, 1.807) is 6.26 Å². The summed E-state index contributed by atoms with van der Waals surface area (Å²) in [6, 6.07) is 16.5. The summed E-state index contributed by atoms with van der Waals surface area (Å²) in [5.74, 6) is 0. The number of furan rings is 1. The molecular weight excluding hydrogens is 264 g/mol. The number of halogens is 1. The van der Waals surface area contributed by atoms with Gasteiger partial charge in [0.1, 0.15) is 5.58 Å². The van der Waals surface area contributed by atoms with Gasteiger partial charge in [-0.1, -0.05) is 34.1 Å². The third-order valence-electron chi connectivity index (χ3n) is 2.61. The van der Waals surface area contributed by atoms with Gasteiger partial charge in [-0.15, -0.1) is 0 Å². The van der Waals surface area contributed by atoms with Gasteiger partial charge in [-0.25, -0.2) is 0 Å². The molecule has 0 radical (unpaired) electrons. The van der Waals surface area contributed by atoms with Crippen LogP contribution in [0.15, 0.2) is 63.7 Å². The van der Waals surface area contributed by atoms with E-state index in [9.17, 15) is 0 Å². The van der Waals surface area contributed by atoms with E-state index in [1.165, 1.54) is 11.1 Å². The molecule has 0 aliphatic rings. The second-order valence-electron chi connectivity index (χ2n) is 3.68. The summed E-state index contributed by atoms with van der Waals surface area (Å²) in [5, 5.41) is 1.14. The smallest absolute Gasteiger partial charge is 0.133 e. The molecule has 1 aromatic heterocycles. The third-order valence-corrected chi connectivity index (χ3v) is 3.10. The highest BCUT2D eigenvalue weighted by atomic mass is 79.9. The number of fused-ring (bicyclic) bond motifs is 1. The summed E-state index contributed by atoms with van der Waals surface area (Å²) >= 11 is 3.48. The monoisotopic (exact) mass is 272 g/mol. The lowest BCUT2D eigenvalue weighted by Crippen LogP contribution is -1.77. The van der Waals surface area contributed by atoms with Gasteiger partial charge in [0.05, 0.1) is 6.26 Å². The minimum absolute atomic E-state index is 0.929. The molecule has 0 saturated carbocycles. The molecule has 0 aliphatic carbocycles. The molecule has 78 valence electrons. The molecule has 2 heteroatoms. The quantitative estimate of drug-likeness (QED) is 0.617. The molecule has 0 N–H and O–H groups in total. The van der Waals surface area contributed by atoms with Crippen LogP contribution in [-0.2, 0) is 0 Å². The van der Waals surface area contributed by atoms with Gasteiger partial charge in [-0.05, 0) is 41.5 Å². The molecule has 0 atom stereocenters. The van der Waals surface area contributed by atoms with Crippen molar-refractivity contribution < 1.29 is 4.42 Å². The maximum atomic E-state index is 5.32. The lowest BCUT2D eigenvalue weighted by molar-refractivity contribution is 0.616. The molecule has 1 heterocycles. The first kappa shape index (κ1) is 9.67. The van der Waals surface area contributed by atoms with Crippen molar-refractivity contribution >= 4 is 26.9 Å². The molecule has 0 spiro atoms. The average molecular weight is 273 g/mol. The van der Waals surface area contributed by atoms with Gasteiger partial charge in [0.25, 0.3) is 0 Å². The fraction of sp³-hybridized carbons (Fsp3) is 0. The number of benzene rings is 2. The van der Waals surface area contributed by atoms with Crippen LogP contribution in [0.5, 0.6) is 0 Å². The second-order valence-corrected chi connectivity index (χ2v) is 4.60. The molecular formula is C14H9BrO. The highest BCUT2D eigenvalue weighted by Crippen LogP contribution is 2.26. The summed E-state index contributed by atoms with van der Waals surface area (Å²) in [5.41, 5.74) is 3.34. The molecule has 2 aromatic carbocycles. The van der Waals surface area contributed by atoms with Crippen LogP contribution in [-0.4, -0.2) is 0 Å². The lowest BCUT2D eigenvalue weighted by Gasteiger charge is -2.02. The molecule has 1 nitrogen and oxygen atoms in total. The van der Waals surface area contributed by atoms with Gasteiger partial charge >= 0.3 is 0 Å². The van der Waals surface area contributed by atoms with Gasteiger partial charge in [0.2, 0.25) is 0 Å². The van der Waals surface area contributed by atoms with Crippen molar-refractivity contribution in [3.63, 3.8) is 0 Å². The minimum Gasteiger partial charge on any atom is -0.464 e. The predicted octanol–water partition coefficient (Wildman–Crippen LogP) is 4.86. The Bertz CT molecular complexity index is 640. The molecule has 16 heavy (non-hydrogen) atoms. The second kappa shape index (κ2) is 3.80. The minimum atomic E-state index is 0.929. The Morgan fingerprint density at radius 2 is 1.75 bits per heavy atom. The van der Waals surface area contributed by atoms with Crippen LogP contribution in [0, 0.1) is 0 Å². The highest BCUT2D eigenvalue weighted by Gasteiger charge is 2.01. The van der Waals surface area contributed by atoms with Crippen LogP contribution in [0.1, 0.15) is 0 Å². The molecule has 0 saturated heterocycles. The zero-order valence-electron chi connectivity index (χ0n) is 8.48. The number of hydrogen-bond acceptors (Lipinski definition) is 1. The van der Waals surface area contributed by atoms with Crippen molar-refractivity contribution in [2.45, 2.75) is 0 Å². The summed E-state index contributed by atoms with van der Waals surface area (Å²) < 4.78 is 6.42. The third kappa shape index (κ3) is 1.65. The van der Waals surface area contributed by atoms with E-state index >= 15 is 0 Å². The van der Waals surface area contributed by atoms with Gasteiger partial charge in [-0.3, -0.25) is 0 Å². The van der Waals surface area contributed by atoms with Crippen LogP contribution >= 0.6 is 15.9 Å². The van der Waals surface area contributed by atoms with E-state index in [-0.39, 0.29) is 0 Å². The van der Waals surface area contributed by atoms with Crippen LogP contribution in [0.2, 0.25) is 0 Å². The molecule has 3 aromatic rings. The molecule has 0 bridgehead atoms. The SMILES string of the molecule is Brc1cccc(-c2ccc3occc3c2)c1. The molecule has 0 aliphatic heterocycles. The van der Waals surface area contributed by atoms with Crippen LogP contribution in [0.4, 0.5) is 0 Å². The first-order chi connectivity index (χ1) is 7.83. The molecule has 3 rings (SSSR count). The Morgan fingerprint density at radius 3 is 2.62 bits per heavy atom.